The van der Waals surface area contributed by atoms with E-state index in [1.54, 1.807) is 18.2 Å². The minimum Gasteiger partial charge on any atom is -0.465 e. The number of fused-ring (bicyclic) bond motifs is 1. The van der Waals surface area contributed by atoms with Crippen LogP contribution >= 0.6 is 0 Å². The molecule has 1 aliphatic heterocycles. The molecular weight excluding hydrogens is 308 g/mol. The number of benzene rings is 1. The van der Waals surface area contributed by atoms with E-state index in [1.165, 1.54) is 12.7 Å². The maximum Gasteiger partial charge on any atom is 0.337 e. The summed E-state index contributed by atoms with van der Waals surface area (Å²) in [5, 5.41) is 6.90. The van der Waals surface area contributed by atoms with Crippen molar-refractivity contribution in [2.24, 2.45) is 0 Å². The Hall–Kier alpha value is -2.83. The first-order valence-corrected chi connectivity index (χ1v) is 7.97. The van der Waals surface area contributed by atoms with Crippen molar-refractivity contribution in [3.63, 3.8) is 0 Å². The number of oxazole rings is 1. The van der Waals surface area contributed by atoms with Crippen LogP contribution in [-0.2, 0) is 4.74 Å². The smallest absolute Gasteiger partial charge is 0.337 e. The molecule has 3 aromatic rings. The van der Waals surface area contributed by atoms with Crippen LogP contribution in [0.3, 0.4) is 0 Å². The van der Waals surface area contributed by atoms with Crippen molar-refractivity contribution in [3.8, 4) is 0 Å². The molecule has 0 aliphatic carbocycles. The second kappa shape index (κ2) is 5.99. The molecule has 0 atom stereocenters. The average Bonchev–Trinajstić information content (AvgIpc) is 3.30. The summed E-state index contributed by atoms with van der Waals surface area (Å²) < 4.78 is 10.6. The lowest BCUT2D eigenvalue weighted by Gasteiger charge is -2.30. The zero-order valence-corrected chi connectivity index (χ0v) is 13.4. The Labute approximate surface area is 138 Å². The molecule has 1 N–H and O–H groups in total. The van der Waals surface area contributed by atoms with E-state index in [0.29, 0.717) is 23.1 Å². The number of H-pyrrole nitrogens is 1. The number of nitrogens with zero attached hydrogens (tertiary/aromatic N) is 3. The number of carbonyl (C=O) groups excluding carboxylic acids is 1. The monoisotopic (exact) mass is 326 g/mol. The third kappa shape index (κ3) is 2.62. The number of aromatic amines is 1. The van der Waals surface area contributed by atoms with Crippen molar-refractivity contribution in [2.45, 2.75) is 18.8 Å². The van der Waals surface area contributed by atoms with Crippen LogP contribution in [0.4, 0.5) is 6.01 Å². The highest BCUT2D eigenvalue weighted by Crippen LogP contribution is 2.31. The Kier molecular flexibility index (Phi) is 3.68. The molecule has 1 aliphatic rings. The molecule has 0 bridgehead atoms. The number of nitrogens with one attached hydrogen (secondary N) is 1. The largest absolute Gasteiger partial charge is 0.465 e. The van der Waals surface area contributed by atoms with E-state index >= 15 is 0 Å². The standard InChI is InChI=1S/C17H18N4O3/c1-23-16(22)12-2-3-14-15(8-12)24-17(20-14)21-6-4-11(5-7-21)13-9-18-19-10-13/h2-3,8-11H,4-7H2,1H3,(H,18,19). The highest BCUT2D eigenvalue weighted by molar-refractivity contribution is 5.93. The first-order chi connectivity index (χ1) is 11.7. The van der Waals surface area contributed by atoms with Crippen LogP contribution in [0.15, 0.2) is 35.0 Å². The van der Waals surface area contributed by atoms with Gasteiger partial charge < -0.3 is 14.1 Å². The van der Waals surface area contributed by atoms with Gasteiger partial charge in [-0.2, -0.15) is 10.1 Å². The van der Waals surface area contributed by atoms with Gasteiger partial charge in [-0.3, -0.25) is 5.10 Å². The number of rotatable bonds is 3. The molecule has 0 amide bonds. The van der Waals surface area contributed by atoms with Crippen LogP contribution < -0.4 is 4.90 Å². The SMILES string of the molecule is COC(=O)c1ccc2nc(N3CCC(c4cn[nH]c4)CC3)oc2c1. The Morgan fingerprint density at radius 3 is 2.92 bits per heavy atom. The zero-order chi connectivity index (χ0) is 16.5. The Morgan fingerprint density at radius 2 is 2.21 bits per heavy atom. The Morgan fingerprint density at radius 1 is 1.38 bits per heavy atom. The number of methoxy groups -OCH3 is 1. The van der Waals surface area contributed by atoms with Crippen molar-refractivity contribution in [1.82, 2.24) is 15.2 Å². The molecule has 1 fully saturated rings. The fraction of sp³-hybridized carbons (Fsp3) is 0.353. The summed E-state index contributed by atoms with van der Waals surface area (Å²) >= 11 is 0. The van der Waals surface area contributed by atoms with Crippen molar-refractivity contribution in [1.29, 1.82) is 0 Å². The Bertz CT molecular complexity index is 848. The molecule has 24 heavy (non-hydrogen) atoms. The predicted octanol–water partition coefficient (Wildman–Crippen LogP) is 2.72. The lowest BCUT2D eigenvalue weighted by molar-refractivity contribution is 0.0601. The van der Waals surface area contributed by atoms with Crippen LogP contribution in [-0.4, -0.2) is 41.3 Å². The van der Waals surface area contributed by atoms with Gasteiger partial charge in [0.1, 0.15) is 5.52 Å². The maximum absolute atomic E-state index is 11.6. The second-order valence-electron chi connectivity index (χ2n) is 5.96. The van der Waals surface area contributed by atoms with Gasteiger partial charge in [0.2, 0.25) is 0 Å². The summed E-state index contributed by atoms with van der Waals surface area (Å²) in [6, 6.07) is 5.77. The highest BCUT2D eigenvalue weighted by atomic mass is 16.5. The maximum atomic E-state index is 11.6. The lowest BCUT2D eigenvalue weighted by atomic mass is 9.92. The van der Waals surface area contributed by atoms with Gasteiger partial charge in [0.25, 0.3) is 6.01 Å². The summed E-state index contributed by atoms with van der Waals surface area (Å²) in [6.07, 6.45) is 5.93. The molecule has 124 valence electrons. The number of ether oxygens (including phenoxy) is 1. The minimum absolute atomic E-state index is 0.379. The highest BCUT2D eigenvalue weighted by Gasteiger charge is 2.24. The first kappa shape index (κ1) is 14.7. The summed E-state index contributed by atoms with van der Waals surface area (Å²) in [5.74, 6) is 0.145. The van der Waals surface area contributed by atoms with Gasteiger partial charge in [-0.25, -0.2) is 4.79 Å². The summed E-state index contributed by atoms with van der Waals surface area (Å²) in [5.41, 5.74) is 3.07. The van der Waals surface area contributed by atoms with Crippen molar-refractivity contribution in [2.75, 3.05) is 25.1 Å². The zero-order valence-electron chi connectivity index (χ0n) is 13.4. The van der Waals surface area contributed by atoms with E-state index in [1.807, 2.05) is 12.4 Å². The van der Waals surface area contributed by atoms with Crippen LogP contribution in [0.25, 0.3) is 11.1 Å². The molecule has 3 heterocycles. The average molecular weight is 326 g/mol. The number of piperidine rings is 1. The number of esters is 1. The molecule has 0 unspecified atom stereocenters. The van der Waals surface area contributed by atoms with E-state index in [9.17, 15) is 4.79 Å². The summed E-state index contributed by atoms with van der Waals surface area (Å²) in [7, 11) is 1.36. The van der Waals surface area contributed by atoms with E-state index in [-0.39, 0.29) is 5.97 Å². The van der Waals surface area contributed by atoms with Gasteiger partial charge in [0, 0.05) is 19.3 Å². The molecule has 1 saturated heterocycles. The fourth-order valence-electron chi connectivity index (χ4n) is 3.18. The predicted molar refractivity (Wildman–Crippen MR) is 88.1 cm³/mol. The molecule has 0 saturated carbocycles. The molecular formula is C17H18N4O3. The third-order valence-corrected chi connectivity index (χ3v) is 4.55. The summed E-state index contributed by atoms with van der Waals surface area (Å²) in [6.45, 7) is 1.76. The van der Waals surface area contributed by atoms with Crippen molar-refractivity contribution < 1.29 is 13.9 Å². The molecule has 7 nitrogen and oxygen atoms in total. The van der Waals surface area contributed by atoms with E-state index in [4.69, 9.17) is 9.15 Å². The molecule has 7 heteroatoms. The lowest BCUT2D eigenvalue weighted by Crippen LogP contribution is -2.32. The molecule has 2 aromatic heterocycles. The number of aromatic nitrogens is 3. The quantitative estimate of drug-likeness (QED) is 0.745. The summed E-state index contributed by atoms with van der Waals surface area (Å²) in [4.78, 5) is 18.3. The number of hydrogen-bond donors (Lipinski definition) is 1. The third-order valence-electron chi connectivity index (χ3n) is 4.55. The van der Waals surface area contributed by atoms with Crippen molar-refractivity contribution >= 4 is 23.1 Å². The van der Waals surface area contributed by atoms with E-state index in [0.717, 1.165) is 31.4 Å². The van der Waals surface area contributed by atoms with Crippen LogP contribution in [0, 0.1) is 0 Å². The minimum atomic E-state index is -0.379. The van der Waals surface area contributed by atoms with Gasteiger partial charge in [-0.1, -0.05) is 0 Å². The van der Waals surface area contributed by atoms with Gasteiger partial charge >= 0.3 is 5.97 Å². The molecule has 4 rings (SSSR count). The number of hydrogen-bond acceptors (Lipinski definition) is 6. The van der Waals surface area contributed by atoms with Gasteiger partial charge in [0.15, 0.2) is 5.58 Å². The van der Waals surface area contributed by atoms with E-state index < -0.39 is 0 Å². The van der Waals surface area contributed by atoms with Gasteiger partial charge in [-0.05, 0) is 42.5 Å². The Balaban J connectivity index is 1.51. The molecule has 1 aromatic carbocycles. The number of anilines is 1. The fourth-order valence-corrected chi connectivity index (χ4v) is 3.18. The topological polar surface area (TPSA) is 84.2 Å². The second-order valence-corrected chi connectivity index (χ2v) is 5.96. The van der Waals surface area contributed by atoms with Gasteiger partial charge in [0.05, 0.1) is 18.9 Å². The first-order valence-electron chi connectivity index (χ1n) is 7.97. The van der Waals surface area contributed by atoms with Crippen LogP contribution in [0.1, 0.15) is 34.7 Å². The van der Waals surface area contributed by atoms with E-state index in [2.05, 4.69) is 20.1 Å². The van der Waals surface area contributed by atoms with Gasteiger partial charge in [-0.15, -0.1) is 0 Å². The van der Waals surface area contributed by atoms with Crippen molar-refractivity contribution in [3.05, 3.63) is 41.7 Å². The molecule has 0 spiro atoms. The number of carbonyl (C=O) groups is 1. The van der Waals surface area contributed by atoms with Crippen LogP contribution in [0.5, 0.6) is 0 Å². The normalized spacial score (nSPS) is 15.8. The molecule has 0 radical (unpaired) electrons. The van der Waals surface area contributed by atoms with Crippen LogP contribution in [0.2, 0.25) is 0 Å².